The number of nitrogens with zero attached hydrogens (tertiary/aromatic N) is 2. The minimum Gasteiger partial charge on any atom is -0.459 e. The zero-order chi connectivity index (χ0) is 61.4. The molecule has 25 heteroatoms. The van der Waals surface area contributed by atoms with Crippen LogP contribution in [0.2, 0.25) is 0 Å². The summed E-state index contributed by atoms with van der Waals surface area (Å²) in [4.78, 5) is 125. The molecule has 0 amide bonds. The maximum atomic E-state index is 14.7. The van der Waals surface area contributed by atoms with Crippen LogP contribution in [0.1, 0.15) is 121 Å². The molecule has 2 saturated carbocycles. The van der Waals surface area contributed by atoms with Gasteiger partial charge in [-0.2, -0.15) is 13.8 Å². The van der Waals surface area contributed by atoms with E-state index in [0.29, 0.717) is 16.4 Å². The van der Waals surface area contributed by atoms with Gasteiger partial charge in [0.05, 0.1) is 36.8 Å². The molecule has 2 aliphatic heterocycles. The second kappa shape index (κ2) is 24.4. The van der Waals surface area contributed by atoms with Crippen LogP contribution >= 0.6 is 0 Å². The third kappa shape index (κ3) is 11.8. The molecule has 2 aromatic carbocycles. The van der Waals surface area contributed by atoms with E-state index in [0.717, 1.165) is 26.1 Å². The lowest BCUT2D eigenvalue weighted by Crippen LogP contribution is -2.80. The number of carbonyl (C=O) groups is 8. The Morgan fingerprint density at radius 2 is 1.55 bits per heavy atom. The normalized spacial score (nSPS) is 31.1. The molecule has 5 aliphatic rings. The highest BCUT2D eigenvalue weighted by Gasteiger charge is 2.77. The van der Waals surface area contributed by atoms with Crippen LogP contribution in [0.4, 0.5) is 8.78 Å². The lowest BCUT2D eigenvalue weighted by atomic mass is 9.45. The van der Waals surface area contributed by atoms with Gasteiger partial charge in [0.25, 0.3) is 0 Å². The Morgan fingerprint density at radius 3 is 2.13 bits per heavy atom. The number of hydrogen-bond donors (Lipinski definition) is 4. The molecular formula is C59H68F2N2O21. The number of ether oxygens (including phenoxy) is 8. The van der Waals surface area contributed by atoms with Crippen molar-refractivity contribution in [1.82, 2.24) is 9.55 Å². The number of halogens is 2. The van der Waals surface area contributed by atoms with Gasteiger partial charge in [0.15, 0.2) is 23.9 Å². The van der Waals surface area contributed by atoms with E-state index in [-0.39, 0.29) is 48.3 Å². The van der Waals surface area contributed by atoms with Crippen molar-refractivity contribution in [2.45, 2.75) is 178 Å². The minimum atomic E-state index is -3.98. The van der Waals surface area contributed by atoms with Crippen molar-refractivity contribution < 1.29 is 105 Å². The molecule has 2 unspecified atom stereocenters. The second-order valence-electron chi connectivity index (χ2n) is 22.9. The van der Waals surface area contributed by atoms with Crippen LogP contribution < -0.4 is 5.69 Å². The molecule has 4 fully saturated rings. The number of rotatable bonds is 20. The molecule has 3 aromatic rings. The molecule has 15 atom stereocenters. The summed E-state index contributed by atoms with van der Waals surface area (Å²) < 4.78 is 77.9. The van der Waals surface area contributed by atoms with Crippen molar-refractivity contribution in [3.8, 4) is 0 Å². The number of aromatic nitrogens is 2. The first-order valence-electron chi connectivity index (χ1n) is 27.4. The highest BCUT2D eigenvalue weighted by atomic mass is 19.3. The Morgan fingerprint density at radius 1 is 0.881 bits per heavy atom. The first-order chi connectivity index (χ1) is 39.5. The van der Waals surface area contributed by atoms with Crippen molar-refractivity contribution in [1.29, 1.82) is 0 Å². The molecule has 0 spiro atoms. The highest BCUT2D eigenvalue weighted by molar-refractivity contribution is 5.89. The van der Waals surface area contributed by atoms with Crippen molar-refractivity contribution >= 4 is 47.9 Å². The summed E-state index contributed by atoms with van der Waals surface area (Å²) in [6, 6.07) is 17.1. The van der Waals surface area contributed by atoms with Gasteiger partial charge in [-0.3, -0.25) is 23.7 Å². The Labute approximate surface area is 480 Å². The number of aliphatic hydroxyl groups is 4. The maximum Gasteiger partial charge on any atom is 0.350 e. The average Bonchev–Trinajstić information content (AvgIpc) is 0.793. The van der Waals surface area contributed by atoms with Crippen LogP contribution in [0.3, 0.4) is 0 Å². The van der Waals surface area contributed by atoms with Gasteiger partial charge in [-0.1, -0.05) is 69.3 Å². The summed E-state index contributed by atoms with van der Waals surface area (Å²) in [6.07, 6.45) is -18.8. The summed E-state index contributed by atoms with van der Waals surface area (Å²) in [5.74, 6) is -13.1. The highest BCUT2D eigenvalue weighted by Crippen LogP contribution is 2.66. The molecule has 2 saturated heterocycles. The molecule has 2 bridgehead atoms. The van der Waals surface area contributed by atoms with E-state index in [2.05, 4.69) is 4.98 Å². The van der Waals surface area contributed by atoms with Crippen LogP contribution in [0.5, 0.6) is 0 Å². The number of aldehydes is 1. The predicted octanol–water partition coefficient (Wildman–Crippen LogP) is 3.28. The third-order valence-electron chi connectivity index (χ3n) is 17.3. The molecule has 3 aliphatic carbocycles. The number of carbonyl (C=O) groups excluding carboxylic acids is 8. The number of ketones is 1. The standard InChI is InChI=1S/C59H68F2N2O21/c1-30-39(80-52(74)46(70)38(21-23-64)34-14-10-8-11-15-34)27-58(76)49(83-51(73)35-16-12-9-13-17-35)47-56(7,26-40(79-32(3)66)45(30)55(58,5)6)42(25-43-57(47,29-77-43)84-33(4)67)82-50(72)31(2)78-44(69)19-18-37(68)24-36-20-22-63(54(75)62-36)53-59(60,61)48(71)41(28-65)81-53/h8-17,20,22-23,31,38-43,46-49,53,65,70-71,76H,18-19,21,24-29H2,1-7H3/t31?,38-,39+,40+,41-,42+,43-,46+,47+,48?,49+,53-,56-,57+,58-/m1/s1. The molecule has 454 valence electrons. The summed E-state index contributed by atoms with van der Waals surface area (Å²) in [6.45, 7) is 8.60. The second-order valence-corrected chi connectivity index (χ2v) is 22.9. The van der Waals surface area contributed by atoms with Crippen LogP contribution in [0.25, 0.3) is 0 Å². The lowest BCUT2D eigenvalue weighted by molar-refractivity contribution is -0.354. The van der Waals surface area contributed by atoms with Crippen LogP contribution in [0.15, 0.2) is 88.9 Å². The van der Waals surface area contributed by atoms with E-state index in [1.54, 1.807) is 76.2 Å². The van der Waals surface area contributed by atoms with Gasteiger partial charge in [-0.05, 0) is 55.2 Å². The van der Waals surface area contributed by atoms with E-state index in [9.17, 15) is 72.4 Å². The van der Waals surface area contributed by atoms with Crippen LogP contribution in [-0.2, 0) is 77.9 Å². The van der Waals surface area contributed by atoms with E-state index >= 15 is 0 Å². The fraction of sp³-hybridized carbons (Fsp3) is 0.559. The van der Waals surface area contributed by atoms with Crippen molar-refractivity contribution in [3.05, 3.63) is 111 Å². The number of aliphatic hydroxyl groups excluding tert-OH is 3. The first-order valence-corrected chi connectivity index (χ1v) is 27.4. The monoisotopic (exact) mass is 1180 g/mol. The fourth-order valence-corrected chi connectivity index (χ4v) is 13.0. The van der Waals surface area contributed by atoms with Gasteiger partial charge in [0.2, 0.25) is 6.23 Å². The van der Waals surface area contributed by atoms with Crippen LogP contribution in [0, 0.1) is 16.7 Å². The van der Waals surface area contributed by atoms with E-state index in [1.807, 2.05) is 0 Å². The molecule has 0 radical (unpaired) electrons. The quantitative estimate of drug-likeness (QED) is 0.0546. The first kappa shape index (κ1) is 62.9. The summed E-state index contributed by atoms with van der Waals surface area (Å²) >= 11 is 0. The largest absolute Gasteiger partial charge is 0.459 e. The summed E-state index contributed by atoms with van der Waals surface area (Å²) in [5, 5.41) is 44.8. The topological polar surface area (TPSA) is 326 Å². The van der Waals surface area contributed by atoms with Gasteiger partial charge < -0.3 is 63.1 Å². The molecule has 3 heterocycles. The zero-order valence-electron chi connectivity index (χ0n) is 47.2. The molecule has 23 nitrogen and oxygen atoms in total. The fourth-order valence-electron chi connectivity index (χ4n) is 13.0. The Balaban J connectivity index is 1.10. The molecule has 4 N–H and O–H groups in total. The van der Waals surface area contributed by atoms with Crippen LogP contribution in [-0.4, -0.2) is 163 Å². The van der Waals surface area contributed by atoms with Crippen molar-refractivity contribution in [2.75, 3.05) is 13.2 Å². The van der Waals surface area contributed by atoms with Crippen molar-refractivity contribution in [3.63, 3.8) is 0 Å². The molecule has 84 heavy (non-hydrogen) atoms. The van der Waals surface area contributed by atoms with Gasteiger partial charge in [0.1, 0.15) is 54.3 Å². The number of alkyl halides is 2. The van der Waals surface area contributed by atoms with Gasteiger partial charge >= 0.3 is 47.4 Å². The molecular weight excluding hydrogens is 1110 g/mol. The Hall–Kier alpha value is -7.16. The summed E-state index contributed by atoms with van der Waals surface area (Å²) in [5.41, 5.74) is -7.98. The van der Waals surface area contributed by atoms with Gasteiger partial charge in [0, 0.05) is 68.9 Å². The average molecular weight is 1180 g/mol. The Kier molecular flexibility index (Phi) is 18.3. The number of fused-ring (bicyclic) bond motifs is 5. The minimum absolute atomic E-state index is 0.0294. The lowest BCUT2D eigenvalue weighted by Gasteiger charge is -2.68. The Bertz CT molecular complexity index is 3120. The smallest absolute Gasteiger partial charge is 0.350 e. The van der Waals surface area contributed by atoms with Gasteiger partial charge in [-0.15, -0.1) is 0 Å². The third-order valence-corrected chi connectivity index (χ3v) is 17.3. The van der Waals surface area contributed by atoms with Crippen molar-refractivity contribution in [2.24, 2.45) is 16.7 Å². The SMILES string of the molecule is CC(=O)O[C@H]1C[C@]2(C)[C@@H](OC(=O)C(C)OC(=O)CCC(=O)Cc3ccn([C@@H]4O[C@H](CO)C(O)C4(F)F)c(=O)n3)C[C@H]3OC[C@@]3(OC(C)=O)[C@H]2[C@H](OC(=O)c2ccccc2)[C@]2(O)C[C@H](OC(=O)[C@@H](O)[C@H](CC=O)c3ccccc3)C(C)=C1C2(C)C. The van der Waals surface area contributed by atoms with E-state index in [4.69, 9.17) is 37.9 Å². The van der Waals surface area contributed by atoms with Gasteiger partial charge in [-0.25, -0.2) is 19.2 Å². The number of hydrogen-bond acceptors (Lipinski definition) is 22. The number of benzene rings is 2. The van der Waals surface area contributed by atoms with E-state index in [1.165, 1.54) is 19.1 Å². The molecule has 8 rings (SSSR count). The number of esters is 6. The predicted molar refractivity (Wildman–Crippen MR) is 282 cm³/mol. The number of Topliss-reactive ketones (excluding diaryl/α,β-unsaturated/α-hetero) is 1. The zero-order valence-corrected chi connectivity index (χ0v) is 47.2. The maximum absolute atomic E-state index is 14.7. The van der Waals surface area contributed by atoms with E-state index < -0.39 is 181 Å². The summed E-state index contributed by atoms with van der Waals surface area (Å²) in [7, 11) is 0. The molecule has 1 aromatic heterocycles.